The molecule has 0 unspecified atom stereocenters. The molecule has 3 fully saturated rings. The lowest BCUT2D eigenvalue weighted by molar-refractivity contribution is -0.130. The summed E-state index contributed by atoms with van der Waals surface area (Å²) < 4.78 is 7.57. The number of pyridine rings is 1. The molecule has 2 saturated heterocycles. The van der Waals surface area contributed by atoms with Gasteiger partial charge in [0.05, 0.1) is 37.1 Å². The van der Waals surface area contributed by atoms with Gasteiger partial charge in [-0.25, -0.2) is 4.98 Å². The summed E-state index contributed by atoms with van der Waals surface area (Å²) in [6, 6.07) is 2.59. The molecule has 0 radical (unpaired) electrons. The van der Waals surface area contributed by atoms with Gasteiger partial charge in [-0.2, -0.15) is 5.10 Å². The van der Waals surface area contributed by atoms with Crippen molar-refractivity contribution in [3.63, 3.8) is 0 Å². The number of carbonyl (C=O) groups is 1. The van der Waals surface area contributed by atoms with Gasteiger partial charge < -0.3 is 25.2 Å². The molecule has 4 heterocycles. The minimum atomic E-state index is 0.202. The van der Waals surface area contributed by atoms with Crippen LogP contribution >= 0.6 is 0 Å². The van der Waals surface area contributed by atoms with Gasteiger partial charge in [-0.1, -0.05) is 0 Å². The second kappa shape index (κ2) is 11.0. The van der Waals surface area contributed by atoms with Gasteiger partial charge in [0, 0.05) is 43.8 Å². The number of hydrogen-bond donors (Lipinski definition) is 2. The van der Waals surface area contributed by atoms with Crippen molar-refractivity contribution in [3.05, 3.63) is 29.7 Å². The fraction of sp³-hybridized carbons (Fsp3) is 0.654. The Kier molecular flexibility index (Phi) is 7.53. The summed E-state index contributed by atoms with van der Waals surface area (Å²) in [4.78, 5) is 21.2. The minimum absolute atomic E-state index is 0.202. The molecule has 5 rings (SSSR count). The number of anilines is 3. The van der Waals surface area contributed by atoms with Crippen LogP contribution in [0.25, 0.3) is 0 Å². The number of aryl methyl sites for hydroxylation is 1. The van der Waals surface area contributed by atoms with Crippen LogP contribution in [0.4, 0.5) is 17.2 Å². The molecular weight excluding hydrogens is 442 g/mol. The summed E-state index contributed by atoms with van der Waals surface area (Å²) in [5, 5.41) is 11.9. The second-order valence-corrected chi connectivity index (χ2v) is 10.2. The van der Waals surface area contributed by atoms with E-state index in [1.807, 2.05) is 11.1 Å². The first-order valence-electron chi connectivity index (χ1n) is 13.2. The zero-order valence-corrected chi connectivity index (χ0v) is 21.1. The third-order valence-corrected chi connectivity index (χ3v) is 7.43. The fourth-order valence-corrected chi connectivity index (χ4v) is 5.04. The number of ether oxygens (including phenoxy) is 1. The van der Waals surface area contributed by atoms with E-state index >= 15 is 0 Å². The third-order valence-electron chi connectivity index (χ3n) is 7.43. The minimum Gasteiger partial charge on any atom is -0.385 e. The van der Waals surface area contributed by atoms with Gasteiger partial charge in [0.25, 0.3) is 0 Å². The van der Waals surface area contributed by atoms with Gasteiger partial charge in [0.1, 0.15) is 5.82 Å². The number of rotatable bonds is 9. The Morgan fingerprint density at radius 3 is 2.74 bits per heavy atom. The van der Waals surface area contributed by atoms with Crippen LogP contribution in [0.1, 0.15) is 61.7 Å². The lowest BCUT2D eigenvalue weighted by Crippen LogP contribution is -2.33. The Morgan fingerprint density at radius 2 is 1.94 bits per heavy atom. The van der Waals surface area contributed by atoms with Gasteiger partial charge in [-0.05, 0) is 70.6 Å². The number of hydrogen-bond acceptors (Lipinski definition) is 7. The molecular formula is C26H39N7O2. The summed E-state index contributed by atoms with van der Waals surface area (Å²) >= 11 is 0. The topological polar surface area (TPSA) is 87.5 Å². The molecule has 35 heavy (non-hydrogen) atoms. The molecule has 9 nitrogen and oxygen atoms in total. The smallest absolute Gasteiger partial charge is 0.224 e. The van der Waals surface area contributed by atoms with Crippen molar-refractivity contribution in [3.8, 4) is 0 Å². The lowest BCUT2D eigenvalue weighted by atomic mass is 10.1. The van der Waals surface area contributed by atoms with E-state index < -0.39 is 0 Å². The van der Waals surface area contributed by atoms with Crippen molar-refractivity contribution in [2.75, 3.05) is 63.6 Å². The molecule has 0 bridgehead atoms. The maximum absolute atomic E-state index is 12.2. The maximum Gasteiger partial charge on any atom is 0.224 e. The summed E-state index contributed by atoms with van der Waals surface area (Å²) in [6.45, 7) is 7.75. The van der Waals surface area contributed by atoms with Crippen LogP contribution in [0.5, 0.6) is 0 Å². The van der Waals surface area contributed by atoms with Gasteiger partial charge >= 0.3 is 0 Å². The molecule has 1 saturated carbocycles. The van der Waals surface area contributed by atoms with Crippen molar-refractivity contribution in [2.45, 2.75) is 57.4 Å². The maximum atomic E-state index is 12.2. The summed E-state index contributed by atoms with van der Waals surface area (Å²) in [5.74, 6) is 1.65. The van der Waals surface area contributed by atoms with E-state index in [0.29, 0.717) is 38.1 Å². The van der Waals surface area contributed by atoms with Gasteiger partial charge in [0.2, 0.25) is 5.91 Å². The number of aromatic nitrogens is 3. The Labute approximate surface area is 208 Å². The highest BCUT2D eigenvalue weighted by atomic mass is 16.5. The monoisotopic (exact) mass is 481 g/mol. The molecule has 2 N–H and O–H groups in total. The SMILES string of the molecule is Cc1nn(C2CCN(C)CC2)cc1Nc1cc(NCCCN2CCOCCC2=O)c(C2CC2)cn1. The molecule has 1 aliphatic carbocycles. The van der Waals surface area contributed by atoms with E-state index in [2.05, 4.69) is 46.4 Å². The van der Waals surface area contributed by atoms with E-state index in [-0.39, 0.29) is 5.91 Å². The highest BCUT2D eigenvalue weighted by molar-refractivity contribution is 5.76. The molecule has 190 valence electrons. The molecule has 3 aliphatic rings. The fourth-order valence-electron chi connectivity index (χ4n) is 5.04. The molecule has 2 aromatic rings. The van der Waals surface area contributed by atoms with Crippen molar-refractivity contribution < 1.29 is 9.53 Å². The van der Waals surface area contributed by atoms with Crippen LogP contribution < -0.4 is 10.6 Å². The normalized spacial score (nSPS) is 20.2. The van der Waals surface area contributed by atoms with Gasteiger partial charge in [-0.3, -0.25) is 9.48 Å². The van der Waals surface area contributed by atoms with E-state index in [1.54, 1.807) is 0 Å². The van der Waals surface area contributed by atoms with Crippen molar-refractivity contribution >= 4 is 23.1 Å². The highest BCUT2D eigenvalue weighted by Gasteiger charge is 2.27. The van der Waals surface area contributed by atoms with Crippen LogP contribution in [0, 0.1) is 6.92 Å². The molecule has 0 aromatic carbocycles. The van der Waals surface area contributed by atoms with Crippen LogP contribution in [0.2, 0.25) is 0 Å². The van der Waals surface area contributed by atoms with Crippen molar-refractivity contribution in [2.24, 2.45) is 0 Å². The number of nitrogens with zero attached hydrogens (tertiary/aromatic N) is 5. The third kappa shape index (κ3) is 6.13. The number of nitrogens with one attached hydrogen (secondary N) is 2. The summed E-state index contributed by atoms with van der Waals surface area (Å²) in [6.07, 6.45) is 10.3. The molecule has 2 aromatic heterocycles. The average Bonchev–Trinajstić information content (AvgIpc) is 3.66. The summed E-state index contributed by atoms with van der Waals surface area (Å²) in [5.41, 5.74) is 4.46. The van der Waals surface area contributed by atoms with E-state index in [9.17, 15) is 4.79 Å². The number of carbonyl (C=O) groups excluding carboxylic acids is 1. The van der Waals surface area contributed by atoms with Gasteiger partial charge in [0.15, 0.2) is 0 Å². The number of amides is 1. The second-order valence-electron chi connectivity index (χ2n) is 10.2. The van der Waals surface area contributed by atoms with Gasteiger partial charge in [-0.15, -0.1) is 0 Å². The largest absolute Gasteiger partial charge is 0.385 e. The molecule has 2 aliphatic heterocycles. The van der Waals surface area contributed by atoms with Crippen LogP contribution in [0.3, 0.4) is 0 Å². The van der Waals surface area contributed by atoms with E-state index in [1.165, 1.54) is 18.4 Å². The zero-order valence-electron chi connectivity index (χ0n) is 21.1. The van der Waals surface area contributed by atoms with E-state index in [4.69, 9.17) is 14.8 Å². The Bertz CT molecular complexity index is 1010. The highest BCUT2D eigenvalue weighted by Crippen LogP contribution is 2.43. The predicted octanol–water partition coefficient (Wildman–Crippen LogP) is 3.53. The Hall–Kier alpha value is -2.65. The lowest BCUT2D eigenvalue weighted by Gasteiger charge is -2.28. The zero-order chi connectivity index (χ0) is 24.2. The molecule has 0 atom stereocenters. The average molecular weight is 482 g/mol. The first-order valence-corrected chi connectivity index (χ1v) is 13.2. The molecule has 0 spiro atoms. The van der Waals surface area contributed by atoms with Crippen LogP contribution in [0.15, 0.2) is 18.5 Å². The molecule has 9 heteroatoms. The quantitative estimate of drug-likeness (QED) is 0.530. The number of likely N-dealkylation sites (tertiary alicyclic amines) is 1. The van der Waals surface area contributed by atoms with E-state index in [0.717, 1.165) is 68.3 Å². The number of piperidine rings is 1. The Balaban J connectivity index is 1.21. The van der Waals surface area contributed by atoms with Crippen molar-refractivity contribution in [1.82, 2.24) is 24.6 Å². The standard InChI is InChI=1S/C26H39N7O2/c1-19-24(18-33(30-19)21-6-11-31(2)12-7-21)29-25-16-23(22(17-28-25)20-4-5-20)27-9-3-10-32-13-15-35-14-8-26(32)34/h16-18,20-21H,3-15H2,1-2H3,(H2,27,28,29). The first-order chi connectivity index (χ1) is 17.1. The van der Waals surface area contributed by atoms with Crippen LogP contribution in [-0.4, -0.2) is 83.5 Å². The first kappa shape index (κ1) is 24.1. The van der Waals surface area contributed by atoms with Crippen LogP contribution in [-0.2, 0) is 9.53 Å². The predicted molar refractivity (Wildman–Crippen MR) is 137 cm³/mol. The summed E-state index contributed by atoms with van der Waals surface area (Å²) in [7, 11) is 2.18. The Morgan fingerprint density at radius 1 is 1.11 bits per heavy atom. The van der Waals surface area contributed by atoms with Crippen molar-refractivity contribution in [1.29, 1.82) is 0 Å². The molecule has 1 amide bonds.